The summed E-state index contributed by atoms with van der Waals surface area (Å²) < 4.78 is 16.6. The van der Waals surface area contributed by atoms with E-state index in [9.17, 15) is 0 Å². The fourth-order valence-electron chi connectivity index (χ4n) is 0. The Balaban J connectivity index is -0.0000000133. The monoisotopic (exact) mass is 356 g/mol. The van der Waals surface area contributed by atoms with E-state index in [0.717, 1.165) is 20.4 Å². The summed E-state index contributed by atoms with van der Waals surface area (Å²) in [5.74, 6) is 0. The van der Waals surface area contributed by atoms with Gasteiger partial charge in [0.15, 0.2) is 0 Å². The van der Waals surface area contributed by atoms with Crippen molar-refractivity contribution in [2.24, 2.45) is 0 Å². The third kappa shape index (κ3) is 25.6. The number of hydrogen-bond acceptors (Lipinski definition) is 2. The normalized spacial score (nSPS) is 1.80. The van der Waals surface area contributed by atoms with Crippen LogP contribution in [0.15, 0.2) is 0 Å². The zero-order valence-electron chi connectivity index (χ0n) is 2.73. The molecule has 0 rings (SSSR count). The molecule has 0 fully saturated rings. The van der Waals surface area contributed by atoms with E-state index in [1.54, 1.807) is 0 Å². The van der Waals surface area contributed by atoms with Gasteiger partial charge in [0.05, 0.1) is 0 Å². The van der Waals surface area contributed by atoms with E-state index in [1.165, 1.54) is 0 Å². The third-order valence-corrected chi connectivity index (χ3v) is 0. The molecule has 0 saturated carbocycles. The average molecular weight is 357 g/mol. The third-order valence-electron chi connectivity index (χ3n) is 0. The topological polar surface area (TPSA) is 34.1 Å². The van der Waals surface area contributed by atoms with Crippen LogP contribution in [0.5, 0.6) is 0 Å². The van der Waals surface area contributed by atoms with Gasteiger partial charge in [-0.1, -0.05) is 0 Å². The number of hydrogen-bond donors (Lipinski definition) is 0. The van der Waals surface area contributed by atoms with Gasteiger partial charge in [0, 0.05) is 0 Å². The Kier molecular flexibility index (Phi) is 129. The Bertz CT molecular complexity index is 11.6. The van der Waals surface area contributed by atoms with E-state index in [-0.39, 0.29) is 44.5 Å². The molecule has 0 atom stereocenters. The van der Waals surface area contributed by atoms with Crippen molar-refractivity contribution in [3.8, 4) is 0 Å². The first-order valence-corrected chi connectivity index (χ1v) is 2.34. The summed E-state index contributed by atoms with van der Waals surface area (Å²) in [6.07, 6.45) is 0. The first-order valence-electron chi connectivity index (χ1n) is 0.493. The molecule has 0 bridgehead atoms. The minimum atomic E-state index is 0. The van der Waals surface area contributed by atoms with Crippen LogP contribution in [0.3, 0.4) is 0 Å². The Morgan fingerprint density at radius 1 is 1.20 bits per heavy atom. The Morgan fingerprint density at radius 3 is 1.20 bits per heavy atom. The molecule has 0 unspecified atom stereocenters. The van der Waals surface area contributed by atoms with E-state index < -0.39 is 0 Å². The zero-order chi connectivity index (χ0) is 4.00. The van der Waals surface area contributed by atoms with Crippen LogP contribution in [0.4, 0.5) is 0 Å². The predicted molar refractivity (Wildman–Crippen MR) is 11.3 cm³/mol. The van der Waals surface area contributed by atoms with Gasteiger partial charge in [0.25, 0.3) is 0 Å². The standard InChI is InChI=1S/Bi.2O.Ti.Zn.3H. The fraction of sp³-hybridized carbons (Fsp3) is 0. The van der Waals surface area contributed by atoms with Crippen molar-refractivity contribution in [2.45, 2.75) is 0 Å². The van der Waals surface area contributed by atoms with Crippen molar-refractivity contribution in [1.82, 2.24) is 0 Å². The molecule has 26 valence electrons. The maximum atomic E-state index is 8.38. The molecule has 0 aromatic rings. The summed E-state index contributed by atoms with van der Waals surface area (Å²) in [6.45, 7) is 0. The molecule has 0 aliphatic heterocycles. The molecule has 2 nitrogen and oxygen atoms in total. The second-order valence-electron chi connectivity index (χ2n) is 0. The van der Waals surface area contributed by atoms with Crippen molar-refractivity contribution in [3.63, 3.8) is 0 Å². The Morgan fingerprint density at radius 2 is 1.20 bits per heavy atom. The quantitative estimate of drug-likeness (QED) is 0.499. The second kappa shape index (κ2) is 40.8. The van der Waals surface area contributed by atoms with Crippen LogP contribution < -0.4 is 0 Å². The van der Waals surface area contributed by atoms with Gasteiger partial charge in [-0.3, -0.25) is 0 Å². The SMILES string of the molecule is [BiH3].[O]=[Ti].[O]=[Zn]. The average Bonchev–Trinajstić information content (AvgIpc) is 1.50. The van der Waals surface area contributed by atoms with Crippen molar-refractivity contribution in [2.75, 3.05) is 0 Å². The van der Waals surface area contributed by atoms with Crippen molar-refractivity contribution in [1.29, 1.82) is 0 Å². The van der Waals surface area contributed by atoms with E-state index >= 15 is 0 Å². The summed E-state index contributed by atoms with van der Waals surface area (Å²) >= 11 is 0.875. The fourth-order valence-corrected chi connectivity index (χ4v) is 0. The molecule has 0 aromatic carbocycles. The minimum absolute atomic E-state index is 0. The predicted octanol–water partition coefficient (Wildman–Crippen LogP) is -1.43. The molecule has 0 amide bonds. The van der Waals surface area contributed by atoms with Crippen molar-refractivity contribution < 1.29 is 45.6 Å². The van der Waals surface area contributed by atoms with Gasteiger partial charge in [-0.05, 0) is 0 Å². The molecule has 0 spiro atoms. The molecule has 0 aromatic heterocycles. The van der Waals surface area contributed by atoms with Crippen LogP contribution in [-0.2, 0) is 45.6 Å². The van der Waals surface area contributed by atoms with Gasteiger partial charge in [-0.2, -0.15) is 0 Å². The molecule has 0 aliphatic carbocycles. The van der Waals surface area contributed by atoms with Crippen LogP contribution in [0.1, 0.15) is 0 Å². The van der Waals surface area contributed by atoms with E-state index in [4.69, 9.17) is 6.90 Å². The summed E-state index contributed by atoms with van der Waals surface area (Å²) in [5, 5.41) is 0. The van der Waals surface area contributed by atoms with Crippen molar-refractivity contribution >= 4 is 26.2 Å². The van der Waals surface area contributed by atoms with Gasteiger partial charge < -0.3 is 0 Å². The molecule has 0 heterocycles. The van der Waals surface area contributed by atoms with Crippen LogP contribution in [0.2, 0.25) is 0 Å². The molecule has 0 radical (unpaired) electrons. The van der Waals surface area contributed by atoms with E-state index in [2.05, 4.69) is 0 Å². The van der Waals surface area contributed by atoms with Gasteiger partial charge in [-0.15, -0.1) is 0 Å². The second-order valence-corrected chi connectivity index (χ2v) is 0. The molecule has 0 aliphatic rings. The van der Waals surface area contributed by atoms with Gasteiger partial charge in [0.2, 0.25) is 0 Å². The summed E-state index contributed by atoms with van der Waals surface area (Å²) in [5.41, 5.74) is 0. The Hall–Kier alpha value is 1.82. The van der Waals surface area contributed by atoms with E-state index in [1.807, 2.05) is 0 Å². The van der Waals surface area contributed by atoms with Gasteiger partial charge in [0.1, 0.15) is 0 Å². The van der Waals surface area contributed by atoms with Crippen molar-refractivity contribution in [3.05, 3.63) is 0 Å². The molecular formula is H3BiO2TiZn. The summed E-state index contributed by atoms with van der Waals surface area (Å²) in [6, 6.07) is 0. The van der Waals surface area contributed by atoms with Crippen LogP contribution in [-0.4, -0.2) is 26.2 Å². The summed E-state index contributed by atoms with van der Waals surface area (Å²) in [7, 11) is 0. The van der Waals surface area contributed by atoms with Crippen LogP contribution in [0, 0.1) is 0 Å². The maximum absolute atomic E-state index is 8.38. The Labute approximate surface area is 70.9 Å². The van der Waals surface area contributed by atoms with Crippen LogP contribution in [0.25, 0.3) is 0 Å². The molecule has 0 saturated heterocycles. The zero-order valence-corrected chi connectivity index (χ0v) is 12.8. The first kappa shape index (κ1) is 15.8. The molecule has 0 N–H and O–H groups in total. The number of rotatable bonds is 0. The summed E-state index contributed by atoms with van der Waals surface area (Å²) in [4.78, 5) is 0. The molecule has 5 heteroatoms. The van der Waals surface area contributed by atoms with E-state index in [0.29, 0.717) is 0 Å². The molecular weight excluding hydrogens is 354 g/mol. The van der Waals surface area contributed by atoms with Gasteiger partial charge in [-0.25, -0.2) is 0 Å². The first-order chi connectivity index (χ1) is 2.00. The van der Waals surface area contributed by atoms with Crippen LogP contribution >= 0.6 is 0 Å². The molecule has 5 heavy (non-hydrogen) atoms. The van der Waals surface area contributed by atoms with Gasteiger partial charge >= 0.3 is 71.8 Å².